The van der Waals surface area contributed by atoms with Gasteiger partial charge in [0.15, 0.2) is 5.13 Å². The number of hydrogen-bond acceptors (Lipinski definition) is 4. The molecule has 2 aromatic rings. The molecule has 0 aliphatic heterocycles. The summed E-state index contributed by atoms with van der Waals surface area (Å²) in [5.74, 6) is -3.39. The Kier molecular flexibility index (Phi) is 4.69. The molecule has 1 aromatic heterocycles. The van der Waals surface area contributed by atoms with Crippen LogP contribution < -0.4 is 4.90 Å². The number of amides is 1. The number of benzene rings is 1. The van der Waals surface area contributed by atoms with Crippen LogP contribution in [0.15, 0.2) is 30.3 Å². The second-order valence-corrected chi connectivity index (χ2v) is 5.57. The van der Waals surface area contributed by atoms with E-state index in [1.807, 2.05) is 0 Å². The van der Waals surface area contributed by atoms with Crippen LogP contribution in [-0.4, -0.2) is 28.1 Å². The van der Waals surface area contributed by atoms with E-state index in [1.54, 1.807) is 30.3 Å². The second-order valence-electron chi connectivity index (χ2n) is 4.59. The SMILES string of the molecule is Cc1nc(N(Cc2ccccc2)C(=O)C(F)(F)F)sc1C(=O)O. The van der Waals surface area contributed by atoms with E-state index < -0.39 is 18.1 Å². The predicted molar refractivity (Wildman–Crippen MR) is 77.5 cm³/mol. The summed E-state index contributed by atoms with van der Waals surface area (Å²) in [6, 6.07) is 8.07. The summed E-state index contributed by atoms with van der Waals surface area (Å²) in [6.45, 7) is 1.01. The van der Waals surface area contributed by atoms with Gasteiger partial charge >= 0.3 is 18.1 Å². The Morgan fingerprint density at radius 3 is 2.35 bits per heavy atom. The molecule has 1 amide bonds. The summed E-state index contributed by atoms with van der Waals surface area (Å²) in [7, 11) is 0. The number of carbonyl (C=O) groups excluding carboxylic acids is 1. The second kappa shape index (κ2) is 6.37. The largest absolute Gasteiger partial charge is 0.477 e. The van der Waals surface area contributed by atoms with Gasteiger partial charge in [-0.2, -0.15) is 13.2 Å². The smallest absolute Gasteiger partial charge is 0.471 e. The van der Waals surface area contributed by atoms with Crippen molar-refractivity contribution in [3.63, 3.8) is 0 Å². The number of alkyl halides is 3. The quantitative estimate of drug-likeness (QED) is 0.924. The number of carboxylic acids is 1. The fraction of sp³-hybridized carbons (Fsp3) is 0.214. The first-order valence-corrected chi connectivity index (χ1v) is 7.15. The average molecular weight is 344 g/mol. The molecule has 0 radical (unpaired) electrons. The Hall–Kier alpha value is -2.42. The third-order valence-electron chi connectivity index (χ3n) is 2.88. The number of carboxylic acid groups (broad SMARTS) is 1. The van der Waals surface area contributed by atoms with Crippen LogP contribution in [0.2, 0.25) is 0 Å². The van der Waals surface area contributed by atoms with Gasteiger partial charge in [0.2, 0.25) is 0 Å². The van der Waals surface area contributed by atoms with E-state index in [2.05, 4.69) is 4.98 Å². The molecule has 0 spiro atoms. The minimum Gasteiger partial charge on any atom is -0.477 e. The third-order valence-corrected chi connectivity index (χ3v) is 4.05. The van der Waals surface area contributed by atoms with Crippen molar-refractivity contribution < 1.29 is 27.9 Å². The first kappa shape index (κ1) is 16.9. The van der Waals surface area contributed by atoms with Gasteiger partial charge in [-0.15, -0.1) is 0 Å². The molecule has 23 heavy (non-hydrogen) atoms. The van der Waals surface area contributed by atoms with Crippen molar-refractivity contribution in [2.45, 2.75) is 19.6 Å². The lowest BCUT2D eigenvalue weighted by atomic mass is 10.2. The summed E-state index contributed by atoms with van der Waals surface area (Å²) < 4.78 is 38.5. The summed E-state index contributed by atoms with van der Waals surface area (Å²) in [5.41, 5.74) is 0.528. The van der Waals surface area contributed by atoms with Crippen LogP contribution in [0.25, 0.3) is 0 Å². The zero-order valence-corrected chi connectivity index (χ0v) is 12.6. The number of thiazole rings is 1. The topological polar surface area (TPSA) is 70.5 Å². The van der Waals surface area contributed by atoms with E-state index in [0.29, 0.717) is 21.8 Å². The van der Waals surface area contributed by atoms with E-state index in [0.717, 1.165) is 0 Å². The average Bonchev–Trinajstić information content (AvgIpc) is 2.86. The van der Waals surface area contributed by atoms with Crippen LogP contribution in [0, 0.1) is 6.92 Å². The van der Waals surface area contributed by atoms with Gasteiger partial charge in [0.1, 0.15) is 4.88 Å². The van der Waals surface area contributed by atoms with Crippen LogP contribution in [0.5, 0.6) is 0 Å². The molecule has 0 bridgehead atoms. The number of rotatable bonds is 4. The van der Waals surface area contributed by atoms with E-state index in [4.69, 9.17) is 5.11 Å². The molecule has 9 heteroatoms. The van der Waals surface area contributed by atoms with Gasteiger partial charge in [-0.3, -0.25) is 9.69 Å². The molecule has 0 aliphatic carbocycles. The Balaban J connectivity index is 2.43. The summed E-state index contributed by atoms with van der Waals surface area (Å²) >= 11 is 0.534. The lowest BCUT2D eigenvalue weighted by molar-refractivity contribution is -0.170. The van der Waals surface area contributed by atoms with Crippen molar-refractivity contribution in [2.24, 2.45) is 0 Å². The Morgan fingerprint density at radius 1 is 1.26 bits per heavy atom. The molecule has 122 valence electrons. The molecule has 0 fully saturated rings. The molecular formula is C14H11F3N2O3S. The molecule has 2 rings (SSSR count). The number of aromatic carboxylic acids is 1. The maximum absolute atomic E-state index is 12.8. The van der Waals surface area contributed by atoms with Gasteiger partial charge in [0.05, 0.1) is 12.2 Å². The fourth-order valence-electron chi connectivity index (χ4n) is 1.84. The van der Waals surface area contributed by atoms with Crippen molar-refractivity contribution in [3.05, 3.63) is 46.5 Å². The highest BCUT2D eigenvalue weighted by Gasteiger charge is 2.44. The number of anilines is 1. The summed E-state index contributed by atoms with van der Waals surface area (Å²) in [5, 5.41) is 8.69. The normalized spacial score (nSPS) is 11.3. The highest BCUT2D eigenvalue weighted by molar-refractivity contribution is 7.17. The number of aryl methyl sites for hydroxylation is 1. The predicted octanol–water partition coefficient (Wildman–Crippen LogP) is 3.25. The number of halogens is 3. The lowest BCUT2D eigenvalue weighted by Gasteiger charge is -2.21. The molecule has 1 N–H and O–H groups in total. The molecule has 0 atom stereocenters. The van der Waals surface area contributed by atoms with Crippen molar-refractivity contribution >= 4 is 28.3 Å². The van der Waals surface area contributed by atoms with Gasteiger partial charge in [0, 0.05) is 0 Å². The number of aromatic nitrogens is 1. The number of hydrogen-bond donors (Lipinski definition) is 1. The van der Waals surface area contributed by atoms with Crippen LogP contribution in [0.4, 0.5) is 18.3 Å². The molecule has 0 saturated heterocycles. The zero-order valence-electron chi connectivity index (χ0n) is 11.8. The molecule has 0 aliphatic rings. The molecule has 5 nitrogen and oxygen atoms in total. The Labute approximate surface area is 133 Å². The monoisotopic (exact) mass is 344 g/mol. The Bertz CT molecular complexity index is 729. The van der Waals surface area contributed by atoms with E-state index in [1.165, 1.54) is 6.92 Å². The number of nitrogens with zero attached hydrogens (tertiary/aromatic N) is 2. The van der Waals surface area contributed by atoms with E-state index >= 15 is 0 Å². The van der Waals surface area contributed by atoms with Gasteiger partial charge < -0.3 is 5.11 Å². The molecular weight excluding hydrogens is 333 g/mol. The molecule has 1 aromatic carbocycles. The van der Waals surface area contributed by atoms with Crippen molar-refractivity contribution in [1.29, 1.82) is 0 Å². The maximum atomic E-state index is 12.8. The van der Waals surface area contributed by atoms with Gasteiger partial charge in [0.25, 0.3) is 0 Å². The molecule has 0 unspecified atom stereocenters. The molecule has 1 heterocycles. The van der Waals surface area contributed by atoms with E-state index in [9.17, 15) is 22.8 Å². The van der Waals surface area contributed by atoms with Crippen LogP contribution >= 0.6 is 11.3 Å². The first-order chi connectivity index (χ1) is 10.7. The van der Waals surface area contributed by atoms with Crippen LogP contribution in [0.3, 0.4) is 0 Å². The maximum Gasteiger partial charge on any atom is 0.471 e. The zero-order chi connectivity index (χ0) is 17.2. The first-order valence-electron chi connectivity index (χ1n) is 6.33. The highest BCUT2D eigenvalue weighted by atomic mass is 32.1. The van der Waals surface area contributed by atoms with Gasteiger partial charge in [-0.1, -0.05) is 41.7 Å². The van der Waals surface area contributed by atoms with E-state index in [-0.39, 0.29) is 22.2 Å². The number of carbonyl (C=O) groups is 2. The fourth-order valence-corrected chi connectivity index (χ4v) is 2.74. The minimum atomic E-state index is -5.09. The van der Waals surface area contributed by atoms with Crippen LogP contribution in [-0.2, 0) is 11.3 Å². The lowest BCUT2D eigenvalue weighted by Crippen LogP contribution is -2.40. The van der Waals surface area contributed by atoms with Crippen LogP contribution in [0.1, 0.15) is 20.9 Å². The summed E-state index contributed by atoms with van der Waals surface area (Å²) in [6.07, 6.45) is -5.09. The molecule has 0 saturated carbocycles. The standard InChI is InChI=1S/C14H11F3N2O3S/c1-8-10(11(20)21)23-13(18-8)19(12(22)14(15,16)17)7-9-5-3-2-4-6-9/h2-6H,7H2,1H3,(H,20,21). The van der Waals surface area contributed by atoms with Crippen molar-refractivity contribution in [1.82, 2.24) is 4.98 Å². The summed E-state index contributed by atoms with van der Waals surface area (Å²) in [4.78, 5) is 26.8. The minimum absolute atomic E-state index is 0.0607. The highest BCUT2D eigenvalue weighted by Crippen LogP contribution is 2.31. The van der Waals surface area contributed by atoms with Crippen molar-refractivity contribution in [2.75, 3.05) is 4.90 Å². The van der Waals surface area contributed by atoms with Gasteiger partial charge in [-0.25, -0.2) is 9.78 Å². The third kappa shape index (κ3) is 3.86. The van der Waals surface area contributed by atoms with Gasteiger partial charge in [-0.05, 0) is 12.5 Å². The van der Waals surface area contributed by atoms with Crippen molar-refractivity contribution in [3.8, 4) is 0 Å². The Morgan fingerprint density at radius 2 is 1.87 bits per heavy atom.